The molecule has 1 saturated heterocycles. The van der Waals surface area contributed by atoms with E-state index in [0.29, 0.717) is 0 Å². The summed E-state index contributed by atoms with van der Waals surface area (Å²) < 4.78 is 58.3. The molecule has 4 rings (SSSR count). The Balaban J connectivity index is 1.56. The number of ether oxygens (including phenoxy) is 3. The Morgan fingerprint density at radius 2 is 2.00 bits per heavy atom. The number of para-hydroxylation sites is 1. The minimum atomic E-state index is -4.29. The van der Waals surface area contributed by atoms with Crippen molar-refractivity contribution >= 4 is 30.8 Å². The first-order chi connectivity index (χ1) is 18.8. The number of halogens is 1. The number of carbonyl (C=O) groups excluding carboxylic acids is 1. The lowest BCUT2D eigenvalue weighted by atomic mass is 9.98. The first-order valence-electron chi connectivity index (χ1n) is 12.4. The van der Waals surface area contributed by atoms with Crippen LogP contribution < -0.4 is 20.1 Å². The number of aromatic nitrogens is 4. The van der Waals surface area contributed by atoms with Gasteiger partial charge in [0, 0.05) is 0 Å². The molecular weight excluding hydrogens is 550 g/mol. The third kappa shape index (κ3) is 6.18. The lowest BCUT2D eigenvalue weighted by molar-refractivity contribution is -0.149. The van der Waals surface area contributed by atoms with E-state index in [-0.39, 0.29) is 28.7 Å². The zero-order valence-corrected chi connectivity index (χ0v) is 23.4. The third-order valence-corrected chi connectivity index (χ3v) is 7.65. The van der Waals surface area contributed by atoms with Gasteiger partial charge in [-0.2, -0.15) is 15.1 Å². The Morgan fingerprint density at radius 1 is 1.30 bits per heavy atom. The summed E-state index contributed by atoms with van der Waals surface area (Å²) in [4.78, 5) is 24.6. The van der Waals surface area contributed by atoms with Gasteiger partial charge in [-0.3, -0.25) is 13.9 Å². The van der Waals surface area contributed by atoms with Crippen LogP contribution in [0.1, 0.15) is 33.9 Å². The molecule has 1 aromatic carbocycles. The number of esters is 1. The molecule has 16 heteroatoms. The highest BCUT2D eigenvalue weighted by Crippen LogP contribution is 2.48. The summed E-state index contributed by atoms with van der Waals surface area (Å²) in [6.45, 7) is 5.33. The molecule has 3 heterocycles. The highest BCUT2D eigenvalue weighted by Gasteiger charge is 2.56. The molecule has 218 valence electrons. The van der Waals surface area contributed by atoms with Crippen molar-refractivity contribution in [3.8, 4) is 11.6 Å². The van der Waals surface area contributed by atoms with Crippen LogP contribution in [0.5, 0.6) is 11.6 Å². The molecule has 3 aromatic rings. The SMILES string of the molecule is COc1nc(N)nc2c1ncn2C1OC(COP(=O)(N[C@@H](C)C(=O)OC(C)C)Oc2ccccc2)[C@@H](O)[C@@]1(C)F. The van der Waals surface area contributed by atoms with Gasteiger partial charge in [0.25, 0.3) is 0 Å². The van der Waals surface area contributed by atoms with Crippen molar-refractivity contribution in [3.05, 3.63) is 36.7 Å². The van der Waals surface area contributed by atoms with Crippen LogP contribution in [0.3, 0.4) is 0 Å². The van der Waals surface area contributed by atoms with E-state index in [1.807, 2.05) is 0 Å². The van der Waals surface area contributed by atoms with Gasteiger partial charge >= 0.3 is 13.7 Å². The van der Waals surface area contributed by atoms with Crippen LogP contribution in [0.2, 0.25) is 0 Å². The number of fused-ring (bicyclic) bond motifs is 1. The minimum Gasteiger partial charge on any atom is -0.479 e. The fourth-order valence-corrected chi connectivity index (χ4v) is 5.58. The van der Waals surface area contributed by atoms with Crippen LogP contribution >= 0.6 is 7.75 Å². The molecule has 1 aliphatic heterocycles. The van der Waals surface area contributed by atoms with E-state index in [1.165, 1.54) is 37.1 Å². The van der Waals surface area contributed by atoms with E-state index in [9.17, 15) is 14.5 Å². The van der Waals surface area contributed by atoms with Crippen LogP contribution in [-0.2, 0) is 23.4 Å². The number of aliphatic hydroxyl groups is 1. The predicted molar refractivity (Wildman–Crippen MR) is 140 cm³/mol. The molecule has 2 aromatic heterocycles. The number of nitrogens with two attached hydrogens (primary N) is 1. The number of carbonyl (C=O) groups is 1. The Bertz CT molecular complexity index is 1390. The van der Waals surface area contributed by atoms with Crippen molar-refractivity contribution in [3.63, 3.8) is 0 Å². The van der Waals surface area contributed by atoms with Crippen LogP contribution in [0, 0.1) is 0 Å². The van der Waals surface area contributed by atoms with Gasteiger partial charge in [-0.1, -0.05) is 18.2 Å². The molecule has 40 heavy (non-hydrogen) atoms. The van der Waals surface area contributed by atoms with Crippen LogP contribution in [0.15, 0.2) is 36.7 Å². The summed E-state index contributed by atoms with van der Waals surface area (Å²) >= 11 is 0. The molecule has 0 aliphatic carbocycles. The molecule has 14 nitrogen and oxygen atoms in total. The maximum absolute atomic E-state index is 15.9. The topological polar surface area (TPSA) is 182 Å². The number of nitrogens with one attached hydrogen (secondary N) is 1. The minimum absolute atomic E-state index is 0.0791. The Labute approximate surface area is 229 Å². The van der Waals surface area contributed by atoms with E-state index < -0.39 is 56.6 Å². The van der Waals surface area contributed by atoms with E-state index in [1.54, 1.807) is 32.0 Å². The number of aliphatic hydroxyl groups excluding tert-OH is 1. The number of nitrogens with zero attached hydrogens (tertiary/aromatic N) is 4. The molecular formula is C24H32FN6O8P. The number of hydrogen-bond acceptors (Lipinski definition) is 12. The average Bonchev–Trinajstić information content (AvgIpc) is 3.40. The van der Waals surface area contributed by atoms with E-state index >= 15 is 4.39 Å². The molecule has 0 spiro atoms. The highest BCUT2D eigenvalue weighted by atomic mass is 31.2. The molecule has 3 unspecified atom stereocenters. The molecule has 1 fully saturated rings. The van der Waals surface area contributed by atoms with E-state index in [0.717, 1.165) is 6.92 Å². The maximum atomic E-state index is 15.9. The van der Waals surface area contributed by atoms with Crippen LogP contribution in [-0.4, -0.2) is 74.3 Å². The Hall–Kier alpha value is -3.36. The van der Waals surface area contributed by atoms with Crippen molar-refractivity contribution in [2.45, 2.75) is 63.9 Å². The van der Waals surface area contributed by atoms with Crippen molar-refractivity contribution in [2.75, 3.05) is 19.5 Å². The first kappa shape index (κ1) is 29.6. The van der Waals surface area contributed by atoms with Gasteiger partial charge in [0.15, 0.2) is 23.1 Å². The van der Waals surface area contributed by atoms with Crippen molar-refractivity contribution in [2.24, 2.45) is 0 Å². The van der Waals surface area contributed by atoms with Gasteiger partial charge in [-0.15, -0.1) is 0 Å². The van der Waals surface area contributed by atoms with E-state index in [2.05, 4.69) is 20.0 Å². The molecule has 4 N–H and O–H groups in total. The number of anilines is 1. The molecule has 0 radical (unpaired) electrons. The largest absolute Gasteiger partial charge is 0.479 e. The monoisotopic (exact) mass is 582 g/mol. The first-order valence-corrected chi connectivity index (χ1v) is 13.9. The summed E-state index contributed by atoms with van der Waals surface area (Å²) in [6.07, 6.45) is -3.63. The van der Waals surface area contributed by atoms with Crippen molar-refractivity contribution in [1.82, 2.24) is 24.6 Å². The number of alkyl halides is 1. The van der Waals surface area contributed by atoms with Gasteiger partial charge in [-0.25, -0.2) is 13.9 Å². The number of hydrogen-bond donors (Lipinski definition) is 3. The third-order valence-electron chi connectivity index (χ3n) is 6.00. The van der Waals surface area contributed by atoms with Gasteiger partial charge in [0.05, 0.1) is 26.1 Å². The Morgan fingerprint density at radius 3 is 2.65 bits per heavy atom. The second-order valence-corrected chi connectivity index (χ2v) is 11.3. The summed E-state index contributed by atoms with van der Waals surface area (Å²) in [7, 11) is -2.92. The summed E-state index contributed by atoms with van der Waals surface area (Å²) in [5.74, 6) is -0.566. The molecule has 0 amide bonds. The predicted octanol–water partition coefficient (Wildman–Crippen LogP) is 2.54. The fourth-order valence-electron chi connectivity index (χ4n) is 4.08. The number of nitrogen functional groups attached to an aromatic ring is 1. The van der Waals surface area contributed by atoms with Gasteiger partial charge in [-0.05, 0) is 39.8 Å². The Kier molecular flexibility index (Phi) is 8.61. The molecule has 0 saturated carbocycles. The fraction of sp³-hybridized carbons (Fsp3) is 0.500. The summed E-state index contributed by atoms with van der Waals surface area (Å²) in [5.41, 5.74) is 3.71. The number of imidazole rings is 1. The highest BCUT2D eigenvalue weighted by molar-refractivity contribution is 7.52. The standard InChI is InChI=1S/C24H32FN6O8P/c1-13(2)37-21(33)14(3)30-40(34,39-15-9-7-6-8-10-15)36-11-16-18(32)24(4,25)22(38-16)31-12-27-17-19(31)28-23(26)29-20(17)35-5/h6-10,12-14,16,18,22,32H,11H2,1-5H3,(H,30,34)(H2,26,28,29)/t14-,16?,18+,22?,24+,40?/m0/s1. The van der Waals surface area contributed by atoms with Crippen LogP contribution in [0.4, 0.5) is 10.3 Å². The van der Waals surface area contributed by atoms with Crippen LogP contribution in [0.25, 0.3) is 11.2 Å². The number of methoxy groups -OCH3 is 1. The molecule has 0 bridgehead atoms. The summed E-state index contributed by atoms with van der Waals surface area (Å²) in [5, 5.41) is 13.4. The lowest BCUT2D eigenvalue weighted by Gasteiger charge is -2.25. The van der Waals surface area contributed by atoms with E-state index in [4.69, 9.17) is 29.0 Å². The number of rotatable bonds is 11. The van der Waals surface area contributed by atoms with Gasteiger partial charge < -0.3 is 29.6 Å². The van der Waals surface area contributed by atoms with Crippen molar-refractivity contribution < 1.29 is 42.1 Å². The van der Waals surface area contributed by atoms with Gasteiger partial charge in [0.1, 0.15) is 24.0 Å². The number of benzene rings is 1. The smallest absolute Gasteiger partial charge is 0.459 e. The second kappa shape index (κ2) is 11.6. The normalized spacial score (nSPS) is 25.1. The maximum Gasteiger partial charge on any atom is 0.459 e. The van der Waals surface area contributed by atoms with Gasteiger partial charge in [0.2, 0.25) is 11.8 Å². The van der Waals surface area contributed by atoms with Crippen molar-refractivity contribution in [1.29, 1.82) is 0 Å². The average molecular weight is 583 g/mol. The zero-order valence-electron chi connectivity index (χ0n) is 22.6. The zero-order chi connectivity index (χ0) is 29.2. The quantitative estimate of drug-likeness (QED) is 0.222. The summed E-state index contributed by atoms with van der Waals surface area (Å²) in [6, 6.07) is 7.02. The second-order valence-electron chi connectivity index (χ2n) is 9.57. The molecule has 1 aliphatic rings. The molecule has 6 atom stereocenters. The lowest BCUT2D eigenvalue weighted by Crippen LogP contribution is -2.41.